The molecule has 0 unspecified atom stereocenters. The van der Waals surface area contributed by atoms with Crippen LogP contribution >= 0.6 is 11.3 Å². The van der Waals surface area contributed by atoms with Crippen LogP contribution in [0, 0.1) is 6.92 Å². The number of aromatic nitrogens is 1. The van der Waals surface area contributed by atoms with Crippen molar-refractivity contribution in [2.75, 3.05) is 0 Å². The first kappa shape index (κ1) is 14.2. The molecule has 0 radical (unpaired) electrons. The predicted octanol–water partition coefficient (Wildman–Crippen LogP) is 3.07. The molecule has 1 heterocycles. The highest BCUT2D eigenvalue weighted by Crippen LogP contribution is 2.24. The second-order valence-corrected chi connectivity index (χ2v) is 5.77. The van der Waals surface area contributed by atoms with Crippen LogP contribution in [0.2, 0.25) is 0 Å². The van der Waals surface area contributed by atoms with E-state index in [9.17, 15) is 9.90 Å². The van der Waals surface area contributed by atoms with E-state index in [0.29, 0.717) is 5.69 Å². The van der Waals surface area contributed by atoms with E-state index in [1.54, 1.807) is 12.1 Å². The quantitative estimate of drug-likeness (QED) is 0.576. The first-order valence-corrected chi connectivity index (χ1v) is 7.49. The van der Waals surface area contributed by atoms with Crippen LogP contribution in [0.4, 0.5) is 0 Å². The van der Waals surface area contributed by atoms with Crippen molar-refractivity contribution in [1.29, 1.82) is 0 Å². The third-order valence-corrected chi connectivity index (χ3v) is 3.90. The Bertz CT molecular complexity index is 871. The van der Waals surface area contributed by atoms with E-state index in [4.69, 9.17) is 0 Å². The summed E-state index contributed by atoms with van der Waals surface area (Å²) in [5, 5.41) is 18.4. The number of nitrogens with one attached hydrogen (secondary N) is 1. The lowest BCUT2D eigenvalue weighted by atomic mass is 10.1. The number of aromatic hydroxyl groups is 1. The number of rotatable bonds is 3. The average molecular weight is 311 g/mol. The highest BCUT2D eigenvalue weighted by molar-refractivity contribution is 7.09. The molecule has 3 aromatic rings. The second kappa shape index (κ2) is 5.95. The van der Waals surface area contributed by atoms with Crippen molar-refractivity contribution in [2.24, 2.45) is 5.10 Å². The van der Waals surface area contributed by atoms with Crippen molar-refractivity contribution in [3.8, 4) is 5.75 Å². The van der Waals surface area contributed by atoms with E-state index in [0.717, 1.165) is 15.8 Å². The molecule has 5 nitrogen and oxygen atoms in total. The molecule has 1 amide bonds. The number of carbonyl (C=O) groups excluding carboxylic acids is 1. The van der Waals surface area contributed by atoms with Crippen LogP contribution < -0.4 is 5.43 Å². The molecule has 0 saturated heterocycles. The van der Waals surface area contributed by atoms with Crippen LogP contribution in [-0.4, -0.2) is 22.2 Å². The Morgan fingerprint density at radius 3 is 2.73 bits per heavy atom. The van der Waals surface area contributed by atoms with E-state index in [1.807, 2.05) is 36.6 Å². The SMILES string of the molecule is Cc1nc(/C=N\NC(=O)c2cc3ccccc3cc2O)cs1. The third kappa shape index (κ3) is 2.96. The van der Waals surface area contributed by atoms with Gasteiger partial charge in [-0.25, -0.2) is 10.4 Å². The van der Waals surface area contributed by atoms with Gasteiger partial charge in [-0.15, -0.1) is 11.3 Å². The molecule has 0 saturated carbocycles. The van der Waals surface area contributed by atoms with Crippen LogP contribution in [0.5, 0.6) is 5.75 Å². The van der Waals surface area contributed by atoms with Crippen molar-refractivity contribution in [3.63, 3.8) is 0 Å². The van der Waals surface area contributed by atoms with Gasteiger partial charge in [0, 0.05) is 5.38 Å². The van der Waals surface area contributed by atoms with Gasteiger partial charge in [-0.2, -0.15) is 5.10 Å². The number of fused-ring (bicyclic) bond motifs is 1. The summed E-state index contributed by atoms with van der Waals surface area (Å²) in [6, 6.07) is 10.7. The smallest absolute Gasteiger partial charge is 0.275 e. The van der Waals surface area contributed by atoms with E-state index in [-0.39, 0.29) is 11.3 Å². The van der Waals surface area contributed by atoms with Crippen molar-refractivity contribution in [1.82, 2.24) is 10.4 Å². The van der Waals surface area contributed by atoms with E-state index < -0.39 is 5.91 Å². The predicted molar refractivity (Wildman–Crippen MR) is 87.5 cm³/mol. The molecule has 0 aliphatic heterocycles. The Kier molecular flexibility index (Phi) is 3.84. The first-order chi connectivity index (χ1) is 10.6. The fourth-order valence-corrected chi connectivity index (χ4v) is 2.63. The van der Waals surface area contributed by atoms with E-state index in [2.05, 4.69) is 15.5 Å². The van der Waals surface area contributed by atoms with Crippen molar-refractivity contribution < 1.29 is 9.90 Å². The number of phenolic OH excluding ortho intramolecular Hbond substituents is 1. The number of hydrogen-bond acceptors (Lipinski definition) is 5. The Labute approximate surface area is 130 Å². The topological polar surface area (TPSA) is 74.6 Å². The molecule has 2 aromatic carbocycles. The van der Waals surface area contributed by atoms with Crippen LogP contribution in [-0.2, 0) is 0 Å². The fraction of sp³-hybridized carbons (Fsp3) is 0.0625. The number of amides is 1. The number of hydrazone groups is 1. The summed E-state index contributed by atoms with van der Waals surface area (Å²) in [5.41, 5.74) is 3.27. The molecule has 110 valence electrons. The zero-order valence-electron chi connectivity index (χ0n) is 11.8. The van der Waals surface area contributed by atoms with Gasteiger partial charge in [-0.3, -0.25) is 4.79 Å². The Hall–Kier alpha value is -2.73. The van der Waals surface area contributed by atoms with Crippen molar-refractivity contribution in [2.45, 2.75) is 6.92 Å². The van der Waals surface area contributed by atoms with Crippen LogP contribution in [0.3, 0.4) is 0 Å². The summed E-state index contributed by atoms with van der Waals surface area (Å²) in [6.07, 6.45) is 1.47. The Morgan fingerprint density at radius 2 is 2.05 bits per heavy atom. The molecule has 0 aliphatic carbocycles. The summed E-state index contributed by atoms with van der Waals surface area (Å²) < 4.78 is 0. The highest BCUT2D eigenvalue weighted by atomic mass is 32.1. The van der Waals surface area contributed by atoms with Gasteiger partial charge in [0.05, 0.1) is 22.5 Å². The minimum atomic E-state index is -0.466. The standard InChI is InChI=1S/C16H13N3O2S/c1-10-18-13(9-22-10)8-17-19-16(21)14-6-11-4-2-3-5-12(11)7-15(14)20/h2-9,20H,1H3,(H,19,21)/b17-8-. The summed E-state index contributed by atoms with van der Waals surface area (Å²) in [5.74, 6) is -0.539. The van der Waals surface area contributed by atoms with Gasteiger partial charge in [-0.05, 0) is 29.8 Å². The van der Waals surface area contributed by atoms with Crippen LogP contribution in [0.15, 0.2) is 46.9 Å². The molecule has 0 atom stereocenters. The Morgan fingerprint density at radius 1 is 1.32 bits per heavy atom. The Balaban J connectivity index is 1.80. The van der Waals surface area contributed by atoms with Gasteiger partial charge in [0.2, 0.25) is 0 Å². The van der Waals surface area contributed by atoms with Gasteiger partial charge < -0.3 is 5.11 Å². The van der Waals surface area contributed by atoms with Crippen molar-refractivity contribution in [3.05, 3.63) is 58.0 Å². The fourth-order valence-electron chi connectivity index (χ4n) is 2.07. The van der Waals surface area contributed by atoms with Crippen LogP contribution in [0.25, 0.3) is 10.8 Å². The minimum absolute atomic E-state index is 0.0732. The molecule has 1 aromatic heterocycles. The van der Waals surface area contributed by atoms with Crippen LogP contribution in [0.1, 0.15) is 21.1 Å². The summed E-state index contributed by atoms with van der Waals surface area (Å²) in [7, 11) is 0. The summed E-state index contributed by atoms with van der Waals surface area (Å²) >= 11 is 1.51. The van der Waals surface area contributed by atoms with Gasteiger partial charge in [0.15, 0.2) is 0 Å². The lowest BCUT2D eigenvalue weighted by Gasteiger charge is -2.05. The lowest BCUT2D eigenvalue weighted by Crippen LogP contribution is -2.17. The molecule has 0 aliphatic rings. The van der Waals surface area contributed by atoms with Gasteiger partial charge in [-0.1, -0.05) is 24.3 Å². The number of phenols is 1. The molecule has 0 bridgehead atoms. The third-order valence-electron chi connectivity index (χ3n) is 3.11. The largest absolute Gasteiger partial charge is 0.507 e. The minimum Gasteiger partial charge on any atom is -0.507 e. The normalized spacial score (nSPS) is 11.1. The summed E-state index contributed by atoms with van der Waals surface area (Å²) in [4.78, 5) is 16.3. The van der Waals surface area contributed by atoms with Gasteiger partial charge >= 0.3 is 0 Å². The molecule has 2 N–H and O–H groups in total. The first-order valence-electron chi connectivity index (χ1n) is 6.61. The van der Waals surface area contributed by atoms with Crippen molar-refractivity contribution >= 4 is 34.2 Å². The molecule has 22 heavy (non-hydrogen) atoms. The van der Waals surface area contributed by atoms with E-state index in [1.165, 1.54) is 17.6 Å². The highest BCUT2D eigenvalue weighted by Gasteiger charge is 2.11. The molecule has 0 fully saturated rings. The zero-order valence-corrected chi connectivity index (χ0v) is 12.6. The lowest BCUT2D eigenvalue weighted by molar-refractivity contribution is 0.0952. The maximum atomic E-state index is 12.1. The number of benzene rings is 2. The van der Waals surface area contributed by atoms with Gasteiger partial charge in [0.1, 0.15) is 5.75 Å². The molecule has 6 heteroatoms. The molecular weight excluding hydrogens is 298 g/mol. The second-order valence-electron chi connectivity index (χ2n) is 4.71. The average Bonchev–Trinajstić information content (AvgIpc) is 2.92. The van der Waals surface area contributed by atoms with Gasteiger partial charge in [0.25, 0.3) is 5.91 Å². The monoisotopic (exact) mass is 311 g/mol. The maximum absolute atomic E-state index is 12.1. The van der Waals surface area contributed by atoms with E-state index >= 15 is 0 Å². The number of thiazole rings is 1. The maximum Gasteiger partial charge on any atom is 0.275 e. The number of aryl methyl sites for hydroxylation is 1. The number of hydrogen-bond donors (Lipinski definition) is 2. The number of nitrogens with zero attached hydrogens (tertiary/aromatic N) is 2. The molecule has 0 spiro atoms. The summed E-state index contributed by atoms with van der Waals surface area (Å²) in [6.45, 7) is 1.90. The molecular formula is C16H13N3O2S. The zero-order chi connectivity index (χ0) is 15.5. The molecule has 3 rings (SSSR count). The number of carbonyl (C=O) groups is 1.